The first-order chi connectivity index (χ1) is 7.66. The SMILES string of the molecule is CC(C)c1ccc(-c2cccc(Cl)c2)nc1. The first kappa shape index (κ1) is 11.2. The van der Waals surface area contributed by atoms with Crippen molar-refractivity contribution in [2.45, 2.75) is 19.8 Å². The summed E-state index contributed by atoms with van der Waals surface area (Å²) >= 11 is 5.95. The number of pyridine rings is 1. The number of aromatic nitrogens is 1. The lowest BCUT2D eigenvalue weighted by Crippen LogP contribution is -1.90. The van der Waals surface area contributed by atoms with Crippen LogP contribution in [0.3, 0.4) is 0 Å². The van der Waals surface area contributed by atoms with E-state index in [0.717, 1.165) is 16.3 Å². The van der Waals surface area contributed by atoms with Crippen LogP contribution in [0.1, 0.15) is 25.3 Å². The lowest BCUT2D eigenvalue weighted by molar-refractivity contribution is 0.859. The van der Waals surface area contributed by atoms with Gasteiger partial charge in [-0.2, -0.15) is 0 Å². The van der Waals surface area contributed by atoms with Gasteiger partial charge < -0.3 is 0 Å². The highest BCUT2D eigenvalue weighted by Crippen LogP contribution is 2.22. The molecule has 0 aliphatic carbocycles. The van der Waals surface area contributed by atoms with Gasteiger partial charge in [-0.3, -0.25) is 4.98 Å². The highest BCUT2D eigenvalue weighted by Gasteiger charge is 2.02. The van der Waals surface area contributed by atoms with Crippen LogP contribution in [0.2, 0.25) is 5.02 Å². The molecular formula is C14H14ClN. The van der Waals surface area contributed by atoms with E-state index in [1.54, 1.807) is 0 Å². The molecule has 16 heavy (non-hydrogen) atoms. The van der Waals surface area contributed by atoms with Crippen LogP contribution in [0.4, 0.5) is 0 Å². The molecule has 82 valence electrons. The molecule has 0 fully saturated rings. The minimum absolute atomic E-state index is 0.515. The molecule has 2 aromatic rings. The van der Waals surface area contributed by atoms with Gasteiger partial charge in [-0.05, 0) is 29.7 Å². The lowest BCUT2D eigenvalue weighted by Gasteiger charge is -2.06. The van der Waals surface area contributed by atoms with E-state index < -0.39 is 0 Å². The molecule has 0 N–H and O–H groups in total. The van der Waals surface area contributed by atoms with Crippen molar-refractivity contribution in [2.24, 2.45) is 0 Å². The highest BCUT2D eigenvalue weighted by molar-refractivity contribution is 6.30. The van der Waals surface area contributed by atoms with E-state index in [-0.39, 0.29) is 0 Å². The Balaban J connectivity index is 2.35. The normalized spacial score (nSPS) is 10.8. The third kappa shape index (κ3) is 2.42. The maximum absolute atomic E-state index is 5.95. The molecule has 1 aromatic heterocycles. The van der Waals surface area contributed by atoms with Crippen molar-refractivity contribution < 1.29 is 0 Å². The largest absolute Gasteiger partial charge is 0.256 e. The van der Waals surface area contributed by atoms with Crippen molar-refractivity contribution in [1.29, 1.82) is 0 Å². The second-order valence-corrected chi connectivity index (χ2v) is 4.58. The average molecular weight is 232 g/mol. The molecule has 0 saturated carbocycles. The molecule has 1 nitrogen and oxygen atoms in total. The van der Waals surface area contributed by atoms with E-state index in [1.807, 2.05) is 36.5 Å². The molecule has 2 rings (SSSR count). The van der Waals surface area contributed by atoms with E-state index in [4.69, 9.17) is 11.6 Å². The van der Waals surface area contributed by atoms with Crippen molar-refractivity contribution >= 4 is 11.6 Å². The molecule has 0 spiro atoms. The van der Waals surface area contributed by atoms with Crippen molar-refractivity contribution in [3.8, 4) is 11.3 Å². The van der Waals surface area contributed by atoms with Crippen molar-refractivity contribution in [1.82, 2.24) is 4.98 Å². The zero-order chi connectivity index (χ0) is 11.5. The van der Waals surface area contributed by atoms with E-state index in [0.29, 0.717) is 5.92 Å². The summed E-state index contributed by atoms with van der Waals surface area (Å²) in [6.45, 7) is 4.33. The van der Waals surface area contributed by atoms with E-state index in [1.165, 1.54) is 5.56 Å². The van der Waals surface area contributed by atoms with Gasteiger partial charge >= 0.3 is 0 Å². The van der Waals surface area contributed by atoms with Gasteiger partial charge in [-0.1, -0.05) is 43.6 Å². The fourth-order valence-corrected chi connectivity index (χ4v) is 1.76. The molecule has 1 heterocycles. The second kappa shape index (κ2) is 4.67. The molecule has 0 aliphatic heterocycles. The van der Waals surface area contributed by atoms with Crippen LogP contribution in [0.15, 0.2) is 42.6 Å². The van der Waals surface area contributed by atoms with Gasteiger partial charge in [0.25, 0.3) is 0 Å². The standard InChI is InChI=1S/C14H14ClN/c1-10(2)12-6-7-14(16-9-12)11-4-3-5-13(15)8-11/h3-10H,1-2H3. The fourth-order valence-electron chi connectivity index (χ4n) is 1.57. The number of rotatable bonds is 2. The van der Waals surface area contributed by atoms with E-state index in [9.17, 15) is 0 Å². The molecule has 0 radical (unpaired) electrons. The molecule has 0 unspecified atom stereocenters. The molecule has 0 amide bonds. The second-order valence-electron chi connectivity index (χ2n) is 4.14. The minimum Gasteiger partial charge on any atom is -0.256 e. The molecule has 0 aliphatic rings. The predicted molar refractivity (Wildman–Crippen MR) is 68.8 cm³/mol. The average Bonchev–Trinajstić information content (AvgIpc) is 2.29. The Morgan fingerprint density at radius 3 is 2.50 bits per heavy atom. The molecule has 0 atom stereocenters. The van der Waals surface area contributed by atoms with Gasteiger partial charge in [0.1, 0.15) is 0 Å². The van der Waals surface area contributed by atoms with Crippen LogP contribution in [-0.4, -0.2) is 4.98 Å². The zero-order valence-electron chi connectivity index (χ0n) is 9.44. The van der Waals surface area contributed by atoms with Crippen molar-refractivity contribution in [3.63, 3.8) is 0 Å². The smallest absolute Gasteiger partial charge is 0.0702 e. The highest BCUT2D eigenvalue weighted by atomic mass is 35.5. The van der Waals surface area contributed by atoms with Crippen LogP contribution in [0.25, 0.3) is 11.3 Å². The van der Waals surface area contributed by atoms with Crippen LogP contribution in [0.5, 0.6) is 0 Å². The monoisotopic (exact) mass is 231 g/mol. The maximum atomic E-state index is 5.95. The summed E-state index contributed by atoms with van der Waals surface area (Å²) in [5.74, 6) is 0.515. The van der Waals surface area contributed by atoms with Crippen LogP contribution < -0.4 is 0 Å². The van der Waals surface area contributed by atoms with Crippen LogP contribution >= 0.6 is 11.6 Å². The third-order valence-electron chi connectivity index (χ3n) is 2.57. The Labute approximate surface area is 101 Å². The van der Waals surface area contributed by atoms with Gasteiger partial charge in [0.15, 0.2) is 0 Å². The Kier molecular flexibility index (Phi) is 3.25. The maximum Gasteiger partial charge on any atom is 0.0702 e. The molecule has 1 aromatic carbocycles. The minimum atomic E-state index is 0.515. The topological polar surface area (TPSA) is 12.9 Å². The number of halogens is 1. The fraction of sp³-hybridized carbons (Fsp3) is 0.214. The van der Waals surface area contributed by atoms with Crippen molar-refractivity contribution in [2.75, 3.05) is 0 Å². The van der Waals surface area contributed by atoms with Gasteiger partial charge in [-0.25, -0.2) is 0 Å². The van der Waals surface area contributed by atoms with Gasteiger partial charge in [0, 0.05) is 16.8 Å². The molecular weight excluding hydrogens is 218 g/mol. The van der Waals surface area contributed by atoms with Crippen LogP contribution in [0, 0.1) is 0 Å². The van der Waals surface area contributed by atoms with Crippen molar-refractivity contribution in [3.05, 3.63) is 53.2 Å². The quantitative estimate of drug-likeness (QED) is 0.740. The molecule has 0 saturated heterocycles. The first-order valence-corrected chi connectivity index (χ1v) is 5.76. The van der Waals surface area contributed by atoms with Gasteiger partial charge in [0.2, 0.25) is 0 Å². The number of nitrogens with zero attached hydrogens (tertiary/aromatic N) is 1. The Morgan fingerprint density at radius 1 is 1.12 bits per heavy atom. The Morgan fingerprint density at radius 2 is 1.94 bits per heavy atom. The summed E-state index contributed by atoms with van der Waals surface area (Å²) < 4.78 is 0. The number of hydrogen-bond donors (Lipinski definition) is 0. The molecule has 2 heteroatoms. The Hall–Kier alpha value is -1.34. The van der Waals surface area contributed by atoms with Gasteiger partial charge in [0.05, 0.1) is 5.69 Å². The zero-order valence-corrected chi connectivity index (χ0v) is 10.2. The summed E-state index contributed by atoms with van der Waals surface area (Å²) in [4.78, 5) is 4.45. The summed E-state index contributed by atoms with van der Waals surface area (Å²) in [6.07, 6.45) is 1.93. The number of hydrogen-bond acceptors (Lipinski definition) is 1. The summed E-state index contributed by atoms with van der Waals surface area (Å²) in [5, 5.41) is 0.743. The van der Waals surface area contributed by atoms with Crippen LogP contribution in [-0.2, 0) is 0 Å². The lowest BCUT2D eigenvalue weighted by atomic mass is 10.0. The summed E-state index contributed by atoms with van der Waals surface area (Å²) in [6, 6.07) is 11.9. The Bertz CT molecular complexity index is 474. The van der Waals surface area contributed by atoms with E-state index >= 15 is 0 Å². The summed E-state index contributed by atoms with van der Waals surface area (Å²) in [7, 11) is 0. The van der Waals surface area contributed by atoms with E-state index in [2.05, 4.69) is 24.9 Å². The third-order valence-corrected chi connectivity index (χ3v) is 2.81. The summed E-state index contributed by atoms with van der Waals surface area (Å²) in [5.41, 5.74) is 3.28. The molecule has 0 bridgehead atoms. The van der Waals surface area contributed by atoms with Gasteiger partial charge in [-0.15, -0.1) is 0 Å². The predicted octanol–water partition coefficient (Wildman–Crippen LogP) is 4.53. The first-order valence-electron chi connectivity index (χ1n) is 5.38. The number of benzene rings is 1.